The smallest absolute Gasteiger partial charge is 0.257 e. The molecule has 0 heterocycles. The van der Waals surface area contributed by atoms with Crippen LogP contribution < -0.4 is 5.32 Å². The van der Waals surface area contributed by atoms with Crippen LogP contribution in [0.3, 0.4) is 0 Å². The largest absolute Gasteiger partial charge is 0.321 e. The van der Waals surface area contributed by atoms with Gasteiger partial charge in [0.2, 0.25) is 0 Å². The summed E-state index contributed by atoms with van der Waals surface area (Å²) >= 11 is 25.9. The van der Waals surface area contributed by atoms with Crippen LogP contribution in [-0.4, -0.2) is 5.91 Å². The van der Waals surface area contributed by atoms with Crippen molar-refractivity contribution in [3.63, 3.8) is 0 Å². The third-order valence-electron chi connectivity index (χ3n) is 2.43. The maximum absolute atomic E-state index is 12.2. The zero-order valence-electron chi connectivity index (χ0n) is 9.68. The normalized spacial score (nSPS) is 10.4. The van der Waals surface area contributed by atoms with Crippen LogP contribution in [0.25, 0.3) is 0 Å². The fourth-order valence-electron chi connectivity index (χ4n) is 1.48. The number of carbonyl (C=O) groups excluding carboxylic acids is 1. The molecule has 20 heavy (non-hydrogen) atoms. The van der Waals surface area contributed by atoms with Gasteiger partial charge in [-0.05, 0) is 52.9 Å². The lowest BCUT2D eigenvalue weighted by molar-refractivity contribution is 0.102. The summed E-state index contributed by atoms with van der Waals surface area (Å²) in [6, 6.07) is 8.12. The summed E-state index contributed by atoms with van der Waals surface area (Å²) in [5, 5.41) is 3.95. The average Bonchev–Trinajstić information content (AvgIpc) is 2.38. The van der Waals surface area contributed by atoms with Gasteiger partial charge in [-0.2, -0.15) is 0 Å². The quantitative estimate of drug-likeness (QED) is 0.422. The van der Waals surface area contributed by atoms with Gasteiger partial charge in [0.05, 0.1) is 31.3 Å². The van der Waals surface area contributed by atoms with Crippen molar-refractivity contribution in [2.45, 2.75) is 0 Å². The first-order chi connectivity index (χ1) is 9.38. The van der Waals surface area contributed by atoms with Crippen LogP contribution in [-0.2, 0) is 0 Å². The van der Waals surface area contributed by atoms with Crippen LogP contribution in [0, 0.1) is 3.57 Å². The number of nitrogens with one attached hydrogen (secondary N) is 1. The third-order valence-corrected chi connectivity index (χ3v) is 4.47. The van der Waals surface area contributed by atoms with Crippen LogP contribution in [0.5, 0.6) is 0 Å². The molecule has 2 nitrogen and oxygen atoms in total. The van der Waals surface area contributed by atoms with Gasteiger partial charge in [0.15, 0.2) is 0 Å². The van der Waals surface area contributed by atoms with E-state index >= 15 is 0 Å². The second-order valence-electron chi connectivity index (χ2n) is 3.82. The van der Waals surface area contributed by atoms with Crippen molar-refractivity contribution in [1.82, 2.24) is 0 Å². The predicted octanol–water partition coefficient (Wildman–Crippen LogP) is 6.16. The number of hydrogen-bond acceptors (Lipinski definition) is 1. The van der Waals surface area contributed by atoms with Gasteiger partial charge >= 0.3 is 0 Å². The highest BCUT2D eigenvalue weighted by atomic mass is 127. The number of rotatable bonds is 2. The van der Waals surface area contributed by atoms with Crippen molar-refractivity contribution in [2.24, 2.45) is 0 Å². The van der Waals surface area contributed by atoms with E-state index in [-0.39, 0.29) is 5.91 Å². The molecule has 2 rings (SSSR count). The molecular weight excluding hydrogens is 455 g/mol. The SMILES string of the molecule is O=C(Nc1cc(Cl)c(Cl)cc1Cl)c1cc(I)ccc1Cl. The van der Waals surface area contributed by atoms with Gasteiger partial charge in [-0.25, -0.2) is 0 Å². The van der Waals surface area contributed by atoms with E-state index in [2.05, 4.69) is 27.9 Å². The standard InChI is InChI=1S/C13H6Cl4INO/c14-8-2-1-6(18)3-7(8)13(20)19-12-5-10(16)9(15)4-11(12)17/h1-5H,(H,19,20). The van der Waals surface area contributed by atoms with Crippen molar-refractivity contribution in [2.75, 3.05) is 5.32 Å². The van der Waals surface area contributed by atoms with Crippen molar-refractivity contribution in [3.8, 4) is 0 Å². The molecule has 0 unspecified atom stereocenters. The Labute approximate surface area is 149 Å². The third kappa shape index (κ3) is 3.71. The lowest BCUT2D eigenvalue weighted by atomic mass is 10.2. The van der Waals surface area contributed by atoms with Crippen LogP contribution in [0.2, 0.25) is 20.1 Å². The maximum Gasteiger partial charge on any atom is 0.257 e. The minimum absolute atomic E-state index is 0.300. The lowest BCUT2D eigenvalue weighted by Gasteiger charge is -2.10. The van der Waals surface area contributed by atoms with E-state index in [1.165, 1.54) is 12.1 Å². The Hall–Kier alpha value is -0.200. The van der Waals surface area contributed by atoms with Crippen molar-refractivity contribution < 1.29 is 4.79 Å². The Kier molecular flexibility index (Phi) is 5.42. The Bertz CT molecular complexity index is 690. The minimum atomic E-state index is -0.367. The summed E-state index contributed by atoms with van der Waals surface area (Å²) < 4.78 is 0.900. The molecule has 104 valence electrons. The Morgan fingerprint density at radius 3 is 2.25 bits per heavy atom. The molecule has 0 aliphatic heterocycles. The summed E-state index contributed by atoms with van der Waals surface area (Å²) in [5.41, 5.74) is 0.738. The highest BCUT2D eigenvalue weighted by Gasteiger charge is 2.14. The molecule has 7 heteroatoms. The Morgan fingerprint density at radius 2 is 1.55 bits per heavy atom. The first kappa shape index (κ1) is 16.2. The topological polar surface area (TPSA) is 29.1 Å². The summed E-state index contributed by atoms with van der Waals surface area (Å²) in [7, 11) is 0. The number of hydrogen-bond donors (Lipinski definition) is 1. The van der Waals surface area contributed by atoms with Gasteiger partial charge in [-0.3, -0.25) is 4.79 Å². The number of anilines is 1. The van der Waals surface area contributed by atoms with E-state index in [4.69, 9.17) is 46.4 Å². The zero-order valence-corrected chi connectivity index (χ0v) is 14.9. The van der Waals surface area contributed by atoms with Crippen LogP contribution in [0.15, 0.2) is 30.3 Å². The summed E-state index contributed by atoms with van der Waals surface area (Å²) in [4.78, 5) is 12.2. The van der Waals surface area contributed by atoms with Crippen LogP contribution in [0.1, 0.15) is 10.4 Å². The molecule has 0 atom stereocenters. The monoisotopic (exact) mass is 459 g/mol. The van der Waals surface area contributed by atoms with Crippen LogP contribution >= 0.6 is 69.0 Å². The number of amides is 1. The highest BCUT2D eigenvalue weighted by molar-refractivity contribution is 14.1. The van der Waals surface area contributed by atoms with Crippen molar-refractivity contribution in [3.05, 3.63) is 59.6 Å². The zero-order chi connectivity index (χ0) is 14.9. The fraction of sp³-hybridized carbons (Fsp3) is 0. The predicted molar refractivity (Wildman–Crippen MR) is 93.6 cm³/mol. The molecular formula is C13H6Cl4INO. The molecule has 0 aliphatic rings. The molecule has 0 aromatic heterocycles. The molecule has 2 aromatic carbocycles. The molecule has 2 aromatic rings. The first-order valence-electron chi connectivity index (χ1n) is 5.29. The van der Waals surface area contributed by atoms with Gasteiger partial charge in [0.1, 0.15) is 0 Å². The molecule has 0 bridgehead atoms. The van der Waals surface area contributed by atoms with Gasteiger partial charge in [-0.15, -0.1) is 0 Å². The number of halogens is 5. The second-order valence-corrected chi connectivity index (χ2v) is 6.70. The Balaban J connectivity index is 2.32. The summed E-state index contributed by atoms with van der Waals surface area (Å²) in [5.74, 6) is -0.367. The van der Waals surface area contributed by atoms with Crippen LogP contribution in [0.4, 0.5) is 5.69 Å². The van der Waals surface area contributed by atoms with E-state index in [0.29, 0.717) is 31.3 Å². The highest BCUT2D eigenvalue weighted by Crippen LogP contribution is 2.32. The van der Waals surface area contributed by atoms with E-state index in [9.17, 15) is 4.79 Å². The Morgan fingerprint density at radius 1 is 0.900 bits per heavy atom. The molecule has 0 spiro atoms. The van der Waals surface area contributed by atoms with E-state index < -0.39 is 0 Å². The average molecular weight is 461 g/mol. The molecule has 0 fully saturated rings. The molecule has 1 N–H and O–H groups in total. The van der Waals surface area contributed by atoms with E-state index in [0.717, 1.165) is 3.57 Å². The molecule has 1 amide bonds. The van der Waals surface area contributed by atoms with Gasteiger partial charge in [0.25, 0.3) is 5.91 Å². The van der Waals surface area contributed by atoms with Gasteiger partial charge in [-0.1, -0.05) is 46.4 Å². The van der Waals surface area contributed by atoms with Gasteiger partial charge in [0, 0.05) is 3.57 Å². The minimum Gasteiger partial charge on any atom is -0.321 e. The number of benzene rings is 2. The van der Waals surface area contributed by atoms with Crippen molar-refractivity contribution in [1.29, 1.82) is 0 Å². The maximum atomic E-state index is 12.2. The summed E-state index contributed by atoms with van der Waals surface area (Å²) in [6.45, 7) is 0. The molecule has 0 saturated carbocycles. The van der Waals surface area contributed by atoms with Crippen molar-refractivity contribution >= 4 is 80.6 Å². The number of carbonyl (C=O) groups is 1. The summed E-state index contributed by atoms with van der Waals surface area (Å²) in [6.07, 6.45) is 0. The molecule has 0 radical (unpaired) electrons. The fourth-order valence-corrected chi connectivity index (χ4v) is 2.77. The first-order valence-corrected chi connectivity index (χ1v) is 7.88. The molecule has 0 aliphatic carbocycles. The van der Waals surface area contributed by atoms with Gasteiger partial charge < -0.3 is 5.32 Å². The molecule has 0 saturated heterocycles. The van der Waals surface area contributed by atoms with E-state index in [1.54, 1.807) is 12.1 Å². The second kappa shape index (κ2) is 6.71. The van der Waals surface area contributed by atoms with E-state index in [1.807, 2.05) is 6.07 Å². The lowest BCUT2D eigenvalue weighted by Crippen LogP contribution is -2.13.